The minimum atomic E-state index is -0.0850. The van der Waals surface area contributed by atoms with Crippen molar-refractivity contribution in [2.24, 2.45) is 0 Å². The van der Waals surface area contributed by atoms with Crippen LogP contribution in [-0.4, -0.2) is 19.5 Å². The molecule has 59 heavy (non-hydrogen) atoms. The van der Waals surface area contributed by atoms with E-state index in [9.17, 15) is 0 Å². The van der Waals surface area contributed by atoms with E-state index in [1.165, 1.54) is 70.3 Å². The lowest BCUT2D eigenvalue weighted by Crippen LogP contribution is -2.15. The summed E-state index contributed by atoms with van der Waals surface area (Å²) in [7, 11) is 0. The summed E-state index contributed by atoms with van der Waals surface area (Å²) in [6.45, 7) is 4.74. The maximum absolute atomic E-state index is 5.22. The first kappa shape index (κ1) is 34.1. The summed E-state index contributed by atoms with van der Waals surface area (Å²) in [5.74, 6) is 1.99. The molecule has 0 unspecified atom stereocenters. The molecule has 2 aliphatic carbocycles. The number of benzene rings is 7. The molecule has 0 bridgehead atoms. The van der Waals surface area contributed by atoms with Crippen molar-refractivity contribution in [3.8, 4) is 62.1 Å². The van der Waals surface area contributed by atoms with Gasteiger partial charge in [-0.15, -0.1) is 11.3 Å². The van der Waals surface area contributed by atoms with Crippen molar-refractivity contribution in [1.82, 2.24) is 19.5 Å². The monoisotopic (exact) mass is 774 g/mol. The van der Waals surface area contributed by atoms with E-state index < -0.39 is 0 Å². The SMILES string of the molecule is CC1(C)c2ccccc2-c2cc3c4c(n(-c5cccc(-c6cc(-c7nc(-c8ccccc8)nc(-c8ccccc8)n7)c7sc8ccccc8c7c6)c5)c3cc21)CCC=C4. The number of hydrogen-bond donors (Lipinski definition) is 0. The van der Waals surface area contributed by atoms with Crippen LogP contribution < -0.4 is 0 Å². The Morgan fingerprint density at radius 2 is 1.22 bits per heavy atom. The highest BCUT2D eigenvalue weighted by molar-refractivity contribution is 7.26. The van der Waals surface area contributed by atoms with Gasteiger partial charge in [-0.05, 0) is 88.7 Å². The lowest BCUT2D eigenvalue weighted by Gasteiger charge is -2.22. The Bertz CT molecular complexity index is 3290. The van der Waals surface area contributed by atoms with Crippen LogP contribution in [-0.2, 0) is 11.8 Å². The lowest BCUT2D eigenvalue weighted by molar-refractivity contribution is 0.661. The average Bonchev–Trinajstić information content (AvgIpc) is 3.91. The van der Waals surface area contributed by atoms with E-state index in [0.717, 1.165) is 40.7 Å². The average molecular weight is 775 g/mol. The van der Waals surface area contributed by atoms with E-state index in [1.54, 1.807) is 11.3 Å². The Labute approximate surface area is 346 Å². The van der Waals surface area contributed by atoms with E-state index in [0.29, 0.717) is 17.5 Å². The smallest absolute Gasteiger partial charge is 0.165 e. The van der Waals surface area contributed by atoms with Crippen molar-refractivity contribution < 1.29 is 0 Å². The predicted molar refractivity (Wildman–Crippen MR) is 246 cm³/mol. The van der Waals surface area contributed by atoms with E-state index in [1.807, 2.05) is 36.4 Å². The molecular weight excluding hydrogens is 737 g/mol. The van der Waals surface area contributed by atoms with Gasteiger partial charge < -0.3 is 4.57 Å². The van der Waals surface area contributed by atoms with Gasteiger partial charge in [0.1, 0.15) is 0 Å². The Morgan fingerprint density at radius 1 is 0.525 bits per heavy atom. The second-order valence-electron chi connectivity index (χ2n) is 16.3. The van der Waals surface area contributed by atoms with Crippen molar-refractivity contribution in [3.05, 3.63) is 186 Å². The summed E-state index contributed by atoms with van der Waals surface area (Å²) in [4.78, 5) is 15.5. The molecule has 4 nitrogen and oxygen atoms in total. The molecule has 12 rings (SSSR count). The Morgan fingerprint density at radius 3 is 2.02 bits per heavy atom. The molecule has 3 aromatic heterocycles. The van der Waals surface area contributed by atoms with Crippen molar-refractivity contribution in [2.75, 3.05) is 0 Å². The summed E-state index contributed by atoms with van der Waals surface area (Å²) in [5, 5.41) is 3.76. The van der Waals surface area contributed by atoms with Gasteiger partial charge in [0.2, 0.25) is 0 Å². The second-order valence-corrected chi connectivity index (χ2v) is 17.4. The van der Waals surface area contributed by atoms with Crippen LogP contribution in [0.15, 0.2) is 164 Å². The molecule has 0 spiro atoms. The molecule has 5 heteroatoms. The van der Waals surface area contributed by atoms with Gasteiger partial charge in [-0.25, -0.2) is 15.0 Å². The molecule has 10 aromatic rings. The van der Waals surface area contributed by atoms with Gasteiger partial charge in [-0.1, -0.05) is 141 Å². The number of nitrogens with zero attached hydrogens (tertiary/aromatic N) is 4. The molecule has 0 amide bonds. The van der Waals surface area contributed by atoms with Gasteiger partial charge >= 0.3 is 0 Å². The quantitative estimate of drug-likeness (QED) is 0.175. The van der Waals surface area contributed by atoms with Gasteiger partial charge in [-0.3, -0.25) is 0 Å². The second kappa shape index (κ2) is 13.0. The van der Waals surface area contributed by atoms with Crippen molar-refractivity contribution >= 4 is 48.5 Å². The predicted octanol–water partition coefficient (Wildman–Crippen LogP) is 14.1. The van der Waals surface area contributed by atoms with Crippen LogP contribution in [0.25, 0.3) is 99.3 Å². The third-order valence-electron chi connectivity index (χ3n) is 12.5. The maximum atomic E-state index is 5.22. The number of thiophene rings is 1. The third kappa shape index (κ3) is 5.31. The van der Waals surface area contributed by atoms with Crippen LogP contribution in [0.4, 0.5) is 0 Å². The Balaban J connectivity index is 1.08. The van der Waals surface area contributed by atoms with Crippen LogP contribution in [0.5, 0.6) is 0 Å². The highest BCUT2D eigenvalue weighted by atomic mass is 32.1. The first-order chi connectivity index (χ1) is 29.0. The first-order valence-corrected chi connectivity index (χ1v) is 21.2. The van der Waals surface area contributed by atoms with Gasteiger partial charge in [0, 0.05) is 64.6 Å². The largest absolute Gasteiger partial charge is 0.313 e. The van der Waals surface area contributed by atoms with E-state index in [4.69, 9.17) is 15.0 Å². The van der Waals surface area contributed by atoms with E-state index >= 15 is 0 Å². The number of aromatic nitrogens is 4. The zero-order valence-electron chi connectivity index (χ0n) is 32.8. The molecule has 0 N–H and O–H groups in total. The fraction of sp³-hybridized carbons (Fsp3) is 0.0926. The summed E-state index contributed by atoms with van der Waals surface area (Å²) >= 11 is 1.80. The molecule has 0 radical (unpaired) electrons. The summed E-state index contributed by atoms with van der Waals surface area (Å²) in [6, 6.07) is 56.9. The summed E-state index contributed by atoms with van der Waals surface area (Å²) in [5.41, 5.74) is 15.8. The van der Waals surface area contributed by atoms with E-state index in [2.05, 4.69) is 152 Å². The highest BCUT2D eigenvalue weighted by Crippen LogP contribution is 2.51. The van der Waals surface area contributed by atoms with Gasteiger partial charge in [0.05, 0.1) is 5.52 Å². The molecule has 0 atom stereocenters. The Kier molecular flexibility index (Phi) is 7.54. The third-order valence-corrected chi connectivity index (χ3v) is 13.7. The molecular formula is C54H38N4S. The summed E-state index contributed by atoms with van der Waals surface area (Å²) < 4.78 is 4.96. The molecule has 280 valence electrons. The summed E-state index contributed by atoms with van der Waals surface area (Å²) in [6.07, 6.45) is 6.72. The van der Waals surface area contributed by atoms with Crippen LogP contribution >= 0.6 is 11.3 Å². The maximum Gasteiger partial charge on any atom is 0.165 e. The molecule has 0 aliphatic heterocycles. The minimum Gasteiger partial charge on any atom is -0.313 e. The number of rotatable bonds is 5. The highest BCUT2D eigenvalue weighted by Gasteiger charge is 2.36. The van der Waals surface area contributed by atoms with Crippen LogP contribution in [0.3, 0.4) is 0 Å². The number of hydrogen-bond acceptors (Lipinski definition) is 4. The van der Waals surface area contributed by atoms with Crippen LogP contribution in [0.2, 0.25) is 0 Å². The van der Waals surface area contributed by atoms with Crippen LogP contribution in [0, 0.1) is 0 Å². The van der Waals surface area contributed by atoms with Gasteiger partial charge in [-0.2, -0.15) is 0 Å². The fourth-order valence-electron chi connectivity index (χ4n) is 9.62. The molecule has 3 heterocycles. The lowest BCUT2D eigenvalue weighted by atomic mass is 9.82. The zero-order chi connectivity index (χ0) is 39.2. The first-order valence-electron chi connectivity index (χ1n) is 20.4. The topological polar surface area (TPSA) is 43.6 Å². The van der Waals surface area contributed by atoms with Crippen molar-refractivity contribution in [3.63, 3.8) is 0 Å². The molecule has 0 saturated heterocycles. The fourth-order valence-corrected chi connectivity index (χ4v) is 10.8. The molecule has 0 saturated carbocycles. The Hall–Kier alpha value is -6.95. The number of fused-ring (bicyclic) bond motifs is 9. The standard InChI is InChI=1S/C54H38N4S/c1-54(2)45-25-12-9-22-38(45)41-31-42-39-23-10-13-26-47(39)58(48(42)32-46(41)54)37-21-15-20-35(28-37)36-29-43-40-24-11-14-27-49(40)59-50(43)44(30-36)53-56-51(33-16-5-3-6-17-33)55-52(57-53)34-18-7-4-8-19-34/h3-12,14-25,27-32H,13,26H2,1-2H3. The molecule has 7 aromatic carbocycles. The minimum absolute atomic E-state index is 0.0850. The zero-order valence-corrected chi connectivity index (χ0v) is 33.6. The number of allylic oxidation sites excluding steroid dienone is 1. The van der Waals surface area contributed by atoms with Crippen molar-refractivity contribution in [1.29, 1.82) is 0 Å². The van der Waals surface area contributed by atoms with Crippen LogP contribution in [0.1, 0.15) is 42.7 Å². The normalized spacial score (nSPS) is 13.9. The van der Waals surface area contributed by atoms with Gasteiger partial charge in [0.15, 0.2) is 17.5 Å². The van der Waals surface area contributed by atoms with Crippen molar-refractivity contribution in [2.45, 2.75) is 32.1 Å². The van der Waals surface area contributed by atoms with E-state index in [-0.39, 0.29) is 5.41 Å². The molecule has 0 fully saturated rings. The molecule has 2 aliphatic rings. The van der Waals surface area contributed by atoms with Gasteiger partial charge in [0.25, 0.3) is 0 Å².